The molecule has 2 atom stereocenters. The van der Waals surface area contributed by atoms with Crippen molar-refractivity contribution in [2.24, 2.45) is 11.8 Å². The first-order valence-corrected chi connectivity index (χ1v) is 11.6. The maximum Gasteiger partial charge on any atom is 0.294 e. The van der Waals surface area contributed by atoms with Gasteiger partial charge in [0.2, 0.25) is 11.8 Å². The maximum atomic E-state index is 13.9. The lowest BCUT2D eigenvalue weighted by Gasteiger charge is -2.51. The third-order valence-corrected chi connectivity index (χ3v) is 8.73. The third kappa shape index (κ3) is 2.29. The number of nitro benzene ring substituents is 1. The molecule has 1 fully saturated rings. The monoisotopic (exact) mass is 552 g/mol. The number of carbonyl (C=O) groups excluding carboxylic acids is 2. The molecule has 1 aliphatic heterocycles. The van der Waals surface area contributed by atoms with E-state index in [2.05, 4.69) is 31.9 Å². The van der Waals surface area contributed by atoms with Crippen molar-refractivity contribution < 1.29 is 14.5 Å². The summed E-state index contributed by atoms with van der Waals surface area (Å²) in [5, 5.41) is 11.7. The van der Waals surface area contributed by atoms with Crippen molar-refractivity contribution in [2.45, 2.75) is 10.2 Å². The summed E-state index contributed by atoms with van der Waals surface area (Å²) in [6.07, 6.45) is 0. The summed E-state index contributed by atoms with van der Waals surface area (Å²) in [5.41, 5.74) is 3.68. The summed E-state index contributed by atoms with van der Waals surface area (Å²) >= 11 is 7.16. The highest BCUT2D eigenvalue weighted by molar-refractivity contribution is 9.10. The third-order valence-electron chi connectivity index (χ3n) is 6.89. The molecular weight excluding hydrogens is 540 g/mol. The van der Waals surface area contributed by atoms with Gasteiger partial charge in [-0.3, -0.25) is 19.7 Å². The highest BCUT2D eigenvalue weighted by atomic mass is 79.9. The Bertz CT molecular complexity index is 1320. The van der Waals surface area contributed by atoms with E-state index in [0.717, 1.165) is 27.2 Å². The molecule has 0 radical (unpaired) electrons. The number of hydrogen-bond donors (Lipinski definition) is 0. The molecule has 32 heavy (non-hydrogen) atoms. The van der Waals surface area contributed by atoms with Gasteiger partial charge in [-0.05, 0) is 34.4 Å². The zero-order valence-corrected chi connectivity index (χ0v) is 19.5. The Hall–Kier alpha value is -2.84. The van der Waals surface area contributed by atoms with E-state index in [1.54, 1.807) is 6.07 Å². The fourth-order valence-corrected chi connectivity index (χ4v) is 7.30. The van der Waals surface area contributed by atoms with E-state index < -0.39 is 32.9 Å². The molecule has 0 N–H and O–H groups in total. The number of alkyl halides is 1. The van der Waals surface area contributed by atoms with Crippen LogP contribution < -0.4 is 4.90 Å². The van der Waals surface area contributed by atoms with Gasteiger partial charge in [0.25, 0.3) is 5.69 Å². The molecule has 3 aromatic rings. The molecule has 8 heteroatoms. The van der Waals surface area contributed by atoms with Crippen molar-refractivity contribution in [1.29, 1.82) is 0 Å². The van der Waals surface area contributed by atoms with Gasteiger partial charge in [0.15, 0.2) is 0 Å². The minimum absolute atomic E-state index is 0.00575. The van der Waals surface area contributed by atoms with Crippen LogP contribution in [-0.4, -0.2) is 16.7 Å². The molecule has 4 aliphatic rings. The summed E-state index contributed by atoms with van der Waals surface area (Å²) in [5.74, 6) is -2.45. The topological polar surface area (TPSA) is 80.5 Å². The first kappa shape index (κ1) is 19.8. The second kappa shape index (κ2) is 6.59. The van der Waals surface area contributed by atoms with Gasteiger partial charge >= 0.3 is 0 Å². The lowest BCUT2D eigenvalue weighted by Crippen LogP contribution is -2.50. The van der Waals surface area contributed by atoms with Crippen molar-refractivity contribution >= 4 is 55.0 Å². The van der Waals surface area contributed by atoms with E-state index in [-0.39, 0.29) is 17.3 Å². The van der Waals surface area contributed by atoms with Crippen LogP contribution in [0.25, 0.3) is 0 Å². The predicted octanol–water partition coefficient (Wildman–Crippen LogP) is 5.26. The van der Waals surface area contributed by atoms with Gasteiger partial charge in [0.1, 0.15) is 5.69 Å². The molecule has 0 saturated carbocycles. The minimum atomic E-state index is -0.884. The number of carbonyl (C=O) groups is 2. The molecule has 0 spiro atoms. The normalized spacial score (nSPS) is 27.2. The Morgan fingerprint density at radius 3 is 2.09 bits per heavy atom. The van der Waals surface area contributed by atoms with E-state index in [1.807, 2.05) is 48.5 Å². The van der Waals surface area contributed by atoms with Crippen LogP contribution in [0.5, 0.6) is 0 Å². The summed E-state index contributed by atoms with van der Waals surface area (Å²) in [6, 6.07) is 20.1. The standard InChI is InChI=1S/C24H14Br2N2O4/c25-12-9-10-17(18(11-12)28(31)32)27-22(29)20-19-13-5-1-3-7-15(13)24(26,21(20)23(27)30)16-8-4-2-6-14(16)19/h1-11,19-21H/t19?,20-,21+,24?/m0/s1. The van der Waals surface area contributed by atoms with Crippen LogP contribution in [0.2, 0.25) is 0 Å². The summed E-state index contributed by atoms with van der Waals surface area (Å²) in [4.78, 5) is 39.9. The Morgan fingerprint density at radius 2 is 1.50 bits per heavy atom. The Kier molecular flexibility index (Phi) is 4.08. The molecule has 0 aromatic heterocycles. The van der Waals surface area contributed by atoms with Gasteiger partial charge in [-0.1, -0.05) is 80.4 Å². The Balaban J connectivity index is 1.61. The summed E-state index contributed by atoms with van der Waals surface area (Å²) in [6.45, 7) is 0. The highest BCUT2D eigenvalue weighted by Gasteiger charge is 2.68. The number of nitro groups is 1. The number of nitrogens with zero attached hydrogens (tertiary/aromatic N) is 2. The molecule has 7 rings (SSSR count). The van der Waals surface area contributed by atoms with Gasteiger partial charge < -0.3 is 0 Å². The molecule has 0 unspecified atom stereocenters. The van der Waals surface area contributed by atoms with Crippen LogP contribution in [0.15, 0.2) is 71.2 Å². The van der Waals surface area contributed by atoms with E-state index in [1.165, 1.54) is 12.1 Å². The van der Waals surface area contributed by atoms with E-state index in [0.29, 0.717) is 4.47 Å². The van der Waals surface area contributed by atoms with E-state index in [4.69, 9.17) is 0 Å². The molecular formula is C24H14Br2N2O4. The molecule has 1 saturated heterocycles. The lowest BCUT2D eigenvalue weighted by molar-refractivity contribution is -0.384. The predicted molar refractivity (Wildman–Crippen MR) is 125 cm³/mol. The lowest BCUT2D eigenvalue weighted by atomic mass is 9.55. The maximum absolute atomic E-state index is 13.9. The van der Waals surface area contributed by atoms with Crippen LogP contribution in [0.3, 0.4) is 0 Å². The van der Waals surface area contributed by atoms with Crippen molar-refractivity contribution in [2.75, 3.05) is 4.90 Å². The zero-order chi connectivity index (χ0) is 22.4. The minimum Gasteiger partial charge on any atom is -0.274 e. The number of anilines is 1. The first-order chi connectivity index (χ1) is 15.4. The fraction of sp³-hybridized carbons (Fsp3) is 0.167. The van der Waals surface area contributed by atoms with Gasteiger partial charge in [-0.15, -0.1) is 0 Å². The average molecular weight is 554 g/mol. The molecule has 2 amide bonds. The van der Waals surface area contributed by atoms with E-state index >= 15 is 0 Å². The summed E-state index contributed by atoms with van der Waals surface area (Å²) < 4.78 is -0.382. The fourth-order valence-electron chi connectivity index (χ4n) is 5.75. The van der Waals surface area contributed by atoms with Crippen LogP contribution in [0.4, 0.5) is 11.4 Å². The molecule has 2 bridgehead atoms. The largest absolute Gasteiger partial charge is 0.294 e. The second-order valence-electron chi connectivity index (χ2n) is 8.27. The van der Waals surface area contributed by atoms with Crippen molar-refractivity contribution in [3.05, 3.63) is 104 Å². The van der Waals surface area contributed by atoms with Gasteiger partial charge in [0, 0.05) is 16.5 Å². The van der Waals surface area contributed by atoms with E-state index in [9.17, 15) is 19.7 Å². The smallest absolute Gasteiger partial charge is 0.274 e. The van der Waals surface area contributed by atoms with Crippen LogP contribution in [-0.2, 0) is 13.9 Å². The first-order valence-electron chi connectivity index (χ1n) is 10.0. The number of imide groups is 1. The van der Waals surface area contributed by atoms with Gasteiger partial charge in [-0.2, -0.15) is 0 Å². The average Bonchev–Trinajstić information content (AvgIpc) is 3.06. The Labute approximate surface area is 199 Å². The molecule has 6 nitrogen and oxygen atoms in total. The van der Waals surface area contributed by atoms with Crippen molar-refractivity contribution in [1.82, 2.24) is 0 Å². The van der Waals surface area contributed by atoms with Crippen molar-refractivity contribution in [3.63, 3.8) is 0 Å². The number of hydrogen-bond acceptors (Lipinski definition) is 4. The number of benzene rings is 3. The van der Waals surface area contributed by atoms with Crippen LogP contribution in [0.1, 0.15) is 28.2 Å². The SMILES string of the molecule is O=C1[C@H]2C3c4ccccc4C(Br)(c4ccccc43)[C@H]2C(=O)N1c1ccc(Br)cc1[N+](=O)[O-]. The second-order valence-corrected chi connectivity index (χ2v) is 10.4. The number of amides is 2. The molecule has 1 heterocycles. The van der Waals surface area contributed by atoms with Crippen molar-refractivity contribution in [3.8, 4) is 0 Å². The molecule has 3 aromatic carbocycles. The number of halogens is 2. The van der Waals surface area contributed by atoms with Crippen LogP contribution >= 0.6 is 31.9 Å². The molecule has 158 valence electrons. The zero-order valence-electron chi connectivity index (χ0n) is 16.4. The quantitative estimate of drug-likeness (QED) is 0.188. The van der Waals surface area contributed by atoms with Gasteiger partial charge in [-0.25, -0.2) is 4.90 Å². The van der Waals surface area contributed by atoms with Gasteiger partial charge in [0.05, 0.1) is 21.1 Å². The molecule has 3 aliphatic carbocycles. The Morgan fingerprint density at radius 1 is 0.906 bits per heavy atom. The number of rotatable bonds is 2. The summed E-state index contributed by atoms with van der Waals surface area (Å²) in [7, 11) is 0. The highest BCUT2D eigenvalue weighted by Crippen LogP contribution is 2.66. The van der Waals surface area contributed by atoms with Crippen LogP contribution in [0, 0.1) is 22.0 Å².